The van der Waals surface area contributed by atoms with Crippen LogP contribution in [0.4, 0.5) is 0 Å². The van der Waals surface area contributed by atoms with Crippen LogP contribution < -0.4 is 16.2 Å². The van der Waals surface area contributed by atoms with Gasteiger partial charge in [0.25, 0.3) is 0 Å². The third kappa shape index (κ3) is 4.15. The van der Waals surface area contributed by atoms with Gasteiger partial charge in [-0.2, -0.15) is 0 Å². The number of pyridine rings is 1. The molecule has 2 unspecified atom stereocenters. The summed E-state index contributed by atoms with van der Waals surface area (Å²) in [5, 5.41) is 6.17. The van der Waals surface area contributed by atoms with Gasteiger partial charge in [-0.25, -0.2) is 0 Å². The number of carbonyl (C=O) groups excluding carboxylic acids is 1. The van der Waals surface area contributed by atoms with Gasteiger partial charge in [-0.15, -0.1) is 0 Å². The summed E-state index contributed by atoms with van der Waals surface area (Å²) < 4.78 is 4.91. The Morgan fingerprint density at radius 2 is 2.33 bits per heavy atom. The Morgan fingerprint density at radius 1 is 1.52 bits per heavy atom. The first-order chi connectivity index (χ1) is 10.1. The summed E-state index contributed by atoms with van der Waals surface area (Å²) in [6.45, 7) is 2.87. The minimum atomic E-state index is -0.287. The van der Waals surface area contributed by atoms with Crippen molar-refractivity contribution >= 4 is 5.91 Å². The van der Waals surface area contributed by atoms with E-state index in [-0.39, 0.29) is 23.6 Å². The van der Waals surface area contributed by atoms with Crippen molar-refractivity contribution in [2.75, 3.05) is 20.3 Å². The number of aromatic nitrogens is 1. The van der Waals surface area contributed by atoms with Crippen molar-refractivity contribution in [3.63, 3.8) is 0 Å². The highest BCUT2D eigenvalue weighted by Gasteiger charge is 2.24. The molecule has 1 aromatic rings. The van der Waals surface area contributed by atoms with Crippen molar-refractivity contribution in [1.29, 1.82) is 0 Å². The third-order valence-corrected chi connectivity index (χ3v) is 3.78. The predicted molar refractivity (Wildman–Crippen MR) is 80.2 cm³/mol. The normalized spacial score (nSPS) is 18.9. The van der Waals surface area contributed by atoms with Crippen LogP contribution in [0.25, 0.3) is 0 Å². The van der Waals surface area contributed by atoms with Crippen molar-refractivity contribution < 1.29 is 9.53 Å². The number of nitrogens with one attached hydrogen (secondary N) is 3. The molecule has 0 saturated heterocycles. The molecule has 6 heteroatoms. The molecule has 1 aliphatic carbocycles. The van der Waals surface area contributed by atoms with Crippen molar-refractivity contribution in [3.05, 3.63) is 33.7 Å². The van der Waals surface area contributed by atoms with Gasteiger partial charge in [0.1, 0.15) is 0 Å². The molecular formula is C15H23N3O3. The number of aromatic amines is 1. The first-order valence-electron chi connectivity index (χ1n) is 7.36. The monoisotopic (exact) mass is 293 g/mol. The summed E-state index contributed by atoms with van der Waals surface area (Å²) in [6, 6.07) is 3.22. The first-order valence-corrected chi connectivity index (χ1v) is 7.36. The Bertz CT molecular complexity index is 541. The lowest BCUT2D eigenvalue weighted by Gasteiger charge is -2.28. The molecule has 2 atom stereocenters. The SMILES string of the molecule is COCCNC(=O)C(C)NC1CCCc2[nH]c(=O)ccc21. The largest absolute Gasteiger partial charge is 0.383 e. The zero-order valence-corrected chi connectivity index (χ0v) is 12.6. The van der Waals surface area contributed by atoms with Crippen LogP contribution in [0.2, 0.25) is 0 Å². The maximum absolute atomic E-state index is 12.0. The second-order valence-corrected chi connectivity index (χ2v) is 5.37. The summed E-state index contributed by atoms with van der Waals surface area (Å²) in [7, 11) is 1.60. The summed E-state index contributed by atoms with van der Waals surface area (Å²) in [5.41, 5.74) is 2.01. The van der Waals surface area contributed by atoms with E-state index in [1.165, 1.54) is 0 Å². The number of amides is 1. The fourth-order valence-corrected chi connectivity index (χ4v) is 2.68. The summed E-state index contributed by atoms with van der Waals surface area (Å²) in [4.78, 5) is 26.2. The van der Waals surface area contributed by atoms with Crippen LogP contribution in [0.1, 0.15) is 37.1 Å². The van der Waals surface area contributed by atoms with E-state index in [9.17, 15) is 9.59 Å². The zero-order valence-electron chi connectivity index (χ0n) is 12.6. The Hall–Kier alpha value is -1.66. The quantitative estimate of drug-likeness (QED) is 0.667. The van der Waals surface area contributed by atoms with E-state index in [2.05, 4.69) is 15.6 Å². The predicted octanol–water partition coefficient (Wildman–Crippen LogP) is 0.493. The molecule has 0 aromatic carbocycles. The second-order valence-electron chi connectivity index (χ2n) is 5.37. The highest BCUT2D eigenvalue weighted by Crippen LogP contribution is 2.27. The lowest BCUT2D eigenvalue weighted by Crippen LogP contribution is -2.45. The van der Waals surface area contributed by atoms with Gasteiger partial charge in [0, 0.05) is 31.5 Å². The van der Waals surface area contributed by atoms with Gasteiger partial charge in [-0.3, -0.25) is 14.9 Å². The molecule has 0 fully saturated rings. The van der Waals surface area contributed by atoms with E-state index in [0.717, 1.165) is 30.5 Å². The smallest absolute Gasteiger partial charge is 0.248 e. The lowest BCUT2D eigenvalue weighted by atomic mass is 9.91. The number of fused-ring (bicyclic) bond motifs is 1. The number of hydrogen-bond donors (Lipinski definition) is 3. The van der Waals surface area contributed by atoms with Crippen molar-refractivity contribution in [1.82, 2.24) is 15.6 Å². The van der Waals surface area contributed by atoms with Crippen LogP contribution in [0, 0.1) is 0 Å². The molecular weight excluding hydrogens is 270 g/mol. The van der Waals surface area contributed by atoms with Crippen molar-refractivity contribution in [2.24, 2.45) is 0 Å². The molecule has 0 aliphatic heterocycles. The molecule has 0 radical (unpaired) electrons. The van der Waals surface area contributed by atoms with Crippen LogP contribution in [0.5, 0.6) is 0 Å². The second kappa shape index (κ2) is 7.38. The Balaban J connectivity index is 1.98. The minimum Gasteiger partial charge on any atom is -0.383 e. The van der Waals surface area contributed by atoms with Crippen LogP contribution in [-0.2, 0) is 16.0 Å². The zero-order chi connectivity index (χ0) is 15.2. The molecule has 1 heterocycles. The van der Waals surface area contributed by atoms with Gasteiger partial charge >= 0.3 is 0 Å². The van der Waals surface area contributed by atoms with Gasteiger partial charge in [-0.05, 0) is 31.7 Å². The maximum atomic E-state index is 12.0. The summed E-state index contributed by atoms with van der Waals surface area (Å²) >= 11 is 0. The molecule has 1 aromatic heterocycles. The van der Waals surface area contributed by atoms with Crippen LogP contribution in [-0.4, -0.2) is 37.2 Å². The van der Waals surface area contributed by atoms with Gasteiger partial charge in [0.2, 0.25) is 11.5 Å². The molecule has 0 saturated carbocycles. The number of hydrogen-bond acceptors (Lipinski definition) is 4. The van der Waals surface area contributed by atoms with Gasteiger partial charge in [-0.1, -0.05) is 6.07 Å². The Morgan fingerprint density at radius 3 is 3.10 bits per heavy atom. The Kier molecular flexibility index (Phi) is 5.52. The summed E-state index contributed by atoms with van der Waals surface area (Å²) in [5.74, 6) is -0.0383. The molecule has 3 N–H and O–H groups in total. The molecule has 116 valence electrons. The summed E-state index contributed by atoms with van der Waals surface area (Å²) in [6.07, 6.45) is 2.86. The minimum absolute atomic E-state index is 0.0383. The fraction of sp³-hybridized carbons (Fsp3) is 0.600. The standard InChI is InChI=1S/C15H23N3O3/c1-10(15(20)16-8-9-21-2)17-12-4-3-5-13-11(12)6-7-14(19)18-13/h6-7,10,12,17H,3-5,8-9H2,1-2H3,(H,16,20)(H,18,19). The number of rotatable bonds is 6. The highest BCUT2D eigenvalue weighted by atomic mass is 16.5. The molecule has 1 aliphatic rings. The lowest BCUT2D eigenvalue weighted by molar-refractivity contribution is -0.123. The first kappa shape index (κ1) is 15.7. The highest BCUT2D eigenvalue weighted by molar-refractivity contribution is 5.81. The maximum Gasteiger partial charge on any atom is 0.248 e. The van der Waals surface area contributed by atoms with Crippen molar-refractivity contribution in [2.45, 2.75) is 38.3 Å². The molecule has 1 amide bonds. The fourth-order valence-electron chi connectivity index (χ4n) is 2.68. The topological polar surface area (TPSA) is 83.2 Å². The van der Waals surface area contributed by atoms with Gasteiger partial charge in [0.15, 0.2) is 0 Å². The van der Waals surface area contributed by atoms with E-state index in [0.29, 0.717) is 13.2 Å². The number of carbonyl (C=O) groups is 1. The number of aryl methyl sites for hydroxylation is 1. The van der Waals surface area contributed by atoms with Gasteiger partial charge < -0.3 is 15.0 Å². The molecule has 0 spiro atoms. The average Bonchev–Trinajstić information content (AvgIpc) is 2.47. The third-order valence-electron chi connectivity index (χ3n) is 3.78. The number of H-pyrrole nitrogens is 1. The van der Waals surface area contributed by atoms with Crippen LogP contribution >= 0.6 is 0 Å². The van der Waals surface area contributed by atoms with E-state index in [4.69, 9.17) is 4.74 Å². The molecule has 21 heavy (non-hydrogen) atoms. The van der Waals surface area contributed by atoms with E-state index < -0.39 is 0 Å². The number of methoxy groups -OCH3 is 1. The number of ether oxygens (including phenoxy) is 1. The van der Waals surface area contributed by atoms with Crippen LogP contribution in [0.3, 0.4) is 0 Å². The molecule has 0 bridgehead atoms. The average molecular weight is 293 g/mol. The molecule has 2 rings (SSSR count). The van der Waals surface area contributed by atoms with Crippen molar-refractivity contribution in [3.8, 4) is 0 Å². The Labute approximate surface area is 124 Å². The van der Waals surface area contributed by atoms with Crippen LogP contribution in [0.15, 0.2) is 16.9 Å². The van der Waals surface area contributed by atoms with E-state index in [1.807, 2.05) is 13.0 Å². The van der Waals surface area contributed by atoms with E-state index in [1.54, 1.807) is 13.2 Å². The van der Waals surface area contributed by atoms with E-state index >= 15 is 0 Å². The molecule has 6 nitrogen and oxygen atoms in total. The van der Waals surface area contributed by atoms with Gasteiger partial charge in [0.05, 0.1) is 12.6 Å².